The molecule has 0 bridgehead atoms. The highest BCUT2D eigenvalue weighted by molar-refractivity contribution is 5.82. The summed E-state index contributed by atoms with van der Waals surface area (Å²) in [4.78, 5) is 34.3. The molecule has 18 heavy (non-hydrogen) atoms. The molecule has 0 aliphatic heterocycles. The highest BCUT2D eigenvalue weighted by Crippen LogP contribution is 2.03. The van der Waals surface area contributed by atoms with E-state index in [0.29, 0.717) is 0 Å². The van der Waals surface area contributed by atoms with Crippen molar-refractivity contribution in [2.24, 2.45) is 0 Å². The van der Waals surface area contributed by atoms with Crippen LogP contribution in [0.4, 0.5) is 4.79 Å². The van der Waals surface area contributed by atoms with E-state index in [4.69, 9.17) is 10.2 Å². The van der Waals surface area contributed by atoms with Crippen LogP contribution in [0.1, 0.15) is 33.1 Å². The summed E-state index contributed by atoms with van der Waals surface area (Å²) in [6, 6.07) is -1.58. The third kappa shape index (κ3) is 6.07. The fourth-order valence-electron chi connectivity index (χ4n) is 1.20. The fraction of sp³-hybridized carbons (Fsp3) is 0.727. The Morgan fingerprint density at radius 2 is 1.78 bits per heavy atom. The first-order valence-electron chi connectivity index (χ1n) is 5.73. The lowest BCUT2D eigenvalue weighted by Crippen LogP contribution is -2.48. The molecule has 3 N–H and O–H groups in total. The maximum absolute atomic E-state index is 11.6. The lowest BCUT2D eigenvalue weighted by molar-refractivity contribution is -0.140. The topological polar surface area (TPSA) is 107 Å². The summed E-state index contributed by atoms with van der Waals surface area (Å²) in [7, 11) is 1.57. The first-order valence-corrected chi connectivity index (χ1v) is 5.73. The molecule has 7 nitrogen and oxygen atoms in total. The summed E-state index contributed by atoms with van der Waals surface area (Å²) in [5, 5.41) is 19.8. The molecule has 1 atom stereocenters. The predicted octanol–water partition coefficient (Wildman–Crippen LogP) is 0.744. The van der Waals surface area contributed by atoms with Gasteiger partial charge in [0.15, 0.2) is 0 Å². The minimum absolute atomic E-state index is 0.0431. The molecule has 2 amide bonds. The van der Waals surface area contributed by atoms with Gasteiger partial charge in [0.25, 0.3) is 0 Å². The zero-order valence-electron chi connectivity index (χ0n) is 10.8. The van der Waals surface area contributed by atoms with Crippen molar-refractivity contribution in [2.75, 3.05) is 7.05 Å². The summed E-state index contributed by atoms with van der Waals surface area (Å²) in [5.74, 6) is -2.14. The number of amides is 2. The Morgan fingerprint density at radius 1 is 1.22 bits per heavy atom. The van der Waals surface area contributed by atoms with Crippen LogP contribution in [0.3, 0.4) is 0 Å². The number of carbonyl (C=O) groups is 3. The Hall–Kier alpha value is -1.79. The second-order valence-electron chi connectivity index (χ2n) is 4.33. The van der Waals surface area contributed by atoms with Crippen molar-refractivity contribution in [1.82, 2.24) is 10.2 Å². The smallest absolute Gasteiger partial charge is 0.326 e. The SMILES string of the molecule is CC(C)N(C)C(=O)N[C@H](CCCC(=O)O)C(=O)O. The normalized spacial score (nSPS) is 12.0. The van der Waals surface area contributed by atoms with Crippen LogP contribution in [-0.4, -0.2) is 52.2 Å². The van der Waals surface area contributed by atoms with Gasteiger partial charge in [0.1, 0.15) is 6.04 Å². The van der Waals surface area contributed by atoms with Crippen molar-refractivity contribution >= 4 is 18.0 Å². The Balaban J connectivity index is 4.31. The van der Waals surface area contributed by atoms with E-state index < -0.39 is 24.0 Å². The van der Waals surface area contributed by atoms with Gasteiger partial charge in [0.05, 0.1) is 0 Å². The van der Waals surface area contributed by atoms with E-state index in [1.165, 1.54) is 4.90 Å². The molecule has 0 unspecified atom stereocenters. The van der Waals surface area contributed by atoms with Crippen LogP contribution < -0.4 is 5.32 Å². The molecule has 0 spiro atoms. The van der Waals surface area contributed by atoms with Crippen LogP contribution in [-0.2, 0) is 9.59 Å². The van der Waals surface area contributed by atoms with Gasteiger partial charge in [-0.1, -0.05) is 0 Å². The first kappa shape index (κ1) is 16.2. The summed E-state index contributed by atoms with van der Waals surface area (Å²) >= 11 is 0. The quantitative estimate of drug-likeness (QED) is 0.626. The molecule has 0 aliphatic rings. The summed E-state index contributed by atoms with van der Waals surface area (Å²) in [6.45, 7) is 3.61. The number of aliphatic carboxylic acids is 2. The van der Waals surface area contributed by atoms with Gasteiger partial charge in [-0.15, -0.1) is 0 Å². The van der Waals surface area contributed by atoms with Crippen molar-refractivity contribution in [1.29, 1.82) is 0 Å². The van der Waals surface area contributed by atoms with Crippen LogP contribution in [0.2, 0.25) is 0 Å². The number of nitrogens with zero attached hydrogens (tertiary/aromatic N) is 1. The summed E-state index contributed by atoms with van der Waals surface area (Å²) in [5.41, 5.74) is 0. The lowest BCUT2D eigenvalue weighted by atomic mass is 10.1. The standard InChI is InChI=1S/C11H20N2O5/c1-7(2)13(3)11(18)12-8(10(16)17)5-4-6-9(14)15/h7-8H,4-6H2,1-3H3,(H,12,18)(H,14,15)(H,16,17)/t8-/m1/s1. The van der Waals surface area contributed by atoms with E-state index in [-0.39, 0.29) is 25.3 Å². The van der Waals surface area contributed by atoms with E-state index in [1.54, 1.807) is 20.9 Å². The molecule has 7 heteroatoms. The largest absolute Gasteiger partial charge is 0.481 e. The first-order chi connectivity index (χ1) is 8.25. The maximum atomic E-state index is 11.6. The van der Waals surface area contributed by atoms with Crippen LogP contribution in [0.25, 0.3) is 0 Å². The number of nitrogens with one attached hydrogen (secondary N) is 1. The van der Waals surface area contributed by atoms with Crippen molar-refractivity contribution in [2.45, 2.75) is 45.2 Å². The van der Waals surface area contributed by atoms with E-state index >= 15 is 0 Å². The van der Waals surface area contributed by atoms with E-state index in [9.17, 15) is 14.4 Å². The molecule has 0 heterocycles. The van der Waals surface area contributed by atoms with E-state index in [2.05, 4.69) is 5.32 Å². The highest BCUT2D eigenvalue weighted by atomic mass is 16.4. The van der Waals surface area contributed by atoms with Crippen LogP contribution in [0.15, 0.2) is 0 Å². The Kier molecular flexibility index (Phi) is 6.77. The molecule has 104 valence electrons. The van der Waals surface area contributed by atoms with Gasteiger partial charge >= 0.3 is 18.0 Å². The minimum atomic E-state index is -1.16. The number of carboxylic acids is 2. The molecule has 0 aromatic rings. The number of carboxylic acid groups (broad SMARTS) is 2. The van der Waals surface area contributed by atoms with Gasteiger partial charge in [-0.25, -0.2) is 9.59 Å². The monoisotopic (exact) mass is 260 g/mol. The molecule has 0 fully saturated rings. The second-order valence-corrected chi connectivity index (χ2v) is 4.33. The van der Waals surface area contributed by atoms with Crippen LogP contribution in [0.5, 0.6) is 0 Å². The molecule has 0 aliphatic carbocycles. The van der Waals surface area contributed by atoms with Crippen LogP contribution in [0, 0.1) is 0 Å². The van der Waals surface area contributed by atoms with E-state index in [1.807, 2.05) is 0 Å². The Morgan fingerprint density at radius 3 is 2.17 bits per heavy atom. The number of rotatable bonds is 7. The third-order valence-corrected chi connectivity index (χ3v) is 2.57. The van der Waals surface area contributed by atoms with Gasteiger partial charge in [-0.3, -0.25) is 4.79 Å². The van der Waals surface area contributed by atoms with E-state index in [0.717, 1.165) is 0 Å². The predicted molar refractivity (Wildman–Crippen MR) is 64.3 cm³/mol. The van der Waals surface area contributed by atoms with Gasteiger partial charge in [0, 0.05) is 19.5 Å². The summed E-state index contributed by atoms with van der Waals surface area (Å²) in [6.07, 6.45) is 0.191. The number of carbonyl (C=O) groups excluding carboxylic acids is 1. The van der Waals surface area contributed by atoms with Crippen molar-refractivity contribution in [3.63, 3.8) is 0 Å². The maximum Gasteiger partial charge on any atom is 0.326 e. The number of hydrogen-bond donors (Lipinski definition) is 3. The van der Waals surface area contributed by atoms with Crippen LogP contribution >= 0.6 is 0 Å². The number of hydrogen-bond acceptors (Lipinski definition) is 3. The molecule has 0 saturated carbocycles. The fourth-order valence-corrected chi connectivity index (χ4v) is 1.20. The molecular formula is C11H20N2O5. The van der Waals surface area contributed by atoms with Gasteiger partial charge in [-0.05, 0) is 26.7 Å². The van der Waals surface area contributed by atoms with Crippen molar-refractivity contribution in [3.8, 4) is 0 Å². The third-order valence-electron chi connectivity index (χ3n) is 2.57. The number of urea groups is 1. The Labute approximate surface area is 106 Å². The van der Waals surface area contributed by atoms with Gasteiger partial charge in [-0.2, -0.15) is 0 Å². The zero-order chi connectivity index (χ0) is 14.3. The molecule has 0 aromatic carbocycles. The minimum Gasteiger partial charge on any atom is -0.481 e. The Bertz CT molecular complexity index is 317. The lowest BCUT2D eigenvalue weighted by Gasteiger charge is -2.24. The zero-order valence-corrected chi connectivity index (χ0v) is 10.8. The average Bonchev–Trinajstić information content (AvgIpc) is 2.25. The molecule has 0 saturated heterocycles. The summed E-state index contributed by atoms with van der Waals surface area (Å²) < 4.78 is 0. The van der Waals surface area contributed by atoms with Crippen molar-refractivity contribution in [3.05, 3.63) is 0 Å². The van der Waals surface area contributed by atoms with Gasteiger partial charge in [0.2, 0.25) is 0 Å². The molecule has 0 rings (SSSR count). The molecule has 0 aromatic heterocycles. The highest BCUT2D eigenvalue weighted by Gasteiger charge is 2.22. The molecule has 0 radical (unpaired) electrons. The molecular weight excluding hydrogens is 240 g/mol. The average molecular weight is 260 g/mol. The second kappa shape index (κ2) is 7.52. The van der Waals surface area contributed by atoms with Gasteiger partial charge < -0.3 is 20.4 Å². The van der Waals surface area contributed by atoms with Crippen molar-refractivity contribution < 1.29 is 24.6 Å².